The van der Waals surface area contributed by atoms with Gasteiger partial charge in [-0.3, -0.25) is 0 Å². The van der Waals surface area contributed by atoms with Crippen molar-refractivity contribution in [3.05, 3.63) is 34.9 Å². The van der Waals surface area contributed by atoms with Gasteiger partial charge >= 0.3 is 5.97 Å². The number of carbonyl (C=O) groups excluding carboxylic acids is 1. The van der Waals surface area contributed by atoms with Crippen LogP contribution in [0.5, 0.6) is 0 Å². The Bertz CT molecular complexity index is 452. The lowest BCUT2D eigenvalue weighted by Crippen LogP contribution is -2.01. The molecule has 0 aliphatic carbocycles. The highest BCUT2D eigenvalue weighted by atomic mass is 16.5. The van der Waals surface area contributed by atoms with Gasteiger partial charge in [-0.15, -0.1) is 0 Å². The van der Waals surface area contributed by atoms with Crippen LogP contribution >= 0.6 is 0 Å². The number of carbonyl (C=O) groups is 1. The monoisotopic (exact) mass is 232 g/mol. The molecule has 0 heterocycles. The van der Waals surface area contributed by atoms with Crippen molar-refractivity contribution in [3.63, 3.8) is 0 Å². The molecule has 1 rings (SSSR count). The van der Waals surface area contributed by atoms with Crippen LogP contribution < -0.4 is 0 Å². The zero-order chi connectivity index (χ0) is 12.7. The first kappa shape index (κ1) is 13.3. The van der Waals surface area contributed by atoms with E-state index < -0.39 is 0 Å². The summed E-state index contributed by atoms with van der Waals surface area (Å²) < 4.78 is 4.65. The average Bonchev–Trinajstić information content (AvgIpc) is 2.35. The molecule has 17 heavy (non-hydrogen) atoms. The molecule has 1 aromatic rings. The Labute approximate surface area is 101 Å². The Hall–Kier alpha value is -1.79. The van der Waals surface area contributed by atoms with Gasteiger partial charge in [-0.05, 0) is 31.0 Å². The van der Waals surface area contributed by atoms with E-state index in [0.29, 0.717) is 18.4 Å². The molecule has 1 aromatic carbocycles. The van der Waals surface area contributed by atoms with Crippen LogP contribution in [0, 0.1) is 18.8 Å². The summed E-state index contributed by atoms with van der Waals surface area (Å²) in [6, 6.07) is 5.30. The van der Waals surface area contributed by atoms with E-state index in [0.717, 1.165) is 11.1 Å². The maximum absolute atomic E-state index is 11.3. The molecule has 0 aliphatic heterocycles. The van der Waals surface area contributed by atoms with Crippen molar-refractivity contribution in [2.45, 2.75) is 19.8 Å². The highest BCUT2D eigenvalue weighted by Gasteiger charge is 2.06. The van der Waals surface area contributed by atoms with Crippen molar-refractivity contribution in [2.24, 2.45) is 0 Å². The molecule has 0 unspecified atom stereocenters. The van der Waals surface area contributed by atoms with E-state index in [1.165, 1.54) is 7.11 Å². The lowest BCUT2D eigenvalue weighted by atomic mass is 10.1. The minimum atomic E-state index is -0.358. The summed E-state index contributed by atoms with van der Waals surface area (Å²) in [7, 11) is 1.36. The number of hydrogen-bond donors (Lipinski definition) is 1. The number of methoxy groups -OCH3 is 1. The Morgan fingerprint density at radius 1 is 1.47 bits per heavy atom. The van der Waals surface area contributed by atoms with Gasteiger partial charge < -0.3 is 9.84 Å². The number of unbranched alkanes of at least 4 members (excludes halogenated alkanes) is 1. The number of esters is 1. The number of hydrogen-bond acceptors (Lipinski definition) is 3. The van der Waals surface area contributed by atoms with Gasteiger partial charge in [0.2, 0.25) is 0 Å². The summed E-state index contributed by atoms with van der Waals surface area (Å²) in [5.41, 5.74) is 2.35. The molecule has 0 bridgehead atoms. The van der Waals surface area contributed by atoms with Crippen molar-refractivity contribution in [1.29, 1.82) is 0 Å². The van der Waals surface area contributed by atoms with Gasteiger partial charge in [0, 0.05) is 18.6 Å². The Kier molecular flexibility index (Phi) is 5.25. The third-order valence-corrected chi connectivity index (χ3v) is 2.34. The van der Waals surface area contributed by atoms with E-state index in [1.807, 2.05) is 13.0 Å². The summed E-state index contributed by atoms with van der Waals surface area (Å²) in [5, 5.41) is 8.64. The van der Waals surface area contributed by atoms with Crippen molar-refractivity contribution < 1.29 is 14.6 Å². The van der Waals surface area contributed by atoms with Crippen LogP contribution in [-0.2, 0) is 4.74 Å². The van der Waals surface area contributed by atoms with E-state index in [-0.39, 0.29) is 12.6 Å². The van der Waals surface area contributed by atoms with Gasteiger partial charge in [-0.25, -0.2) is 4.79 Å². The molecule has 0 amide bonds. The van der Waals surface area contributed by atoms with E-state index >= 15 is 0 Å². The molecule has 0 radical (unpaired) electrons. The molecule has 0 spiro atoms. The minimum Gasteiger partial charge on any atom is -0.465 e. The third kappa shape index (κ3) is 3.93. The molecule has 0 saturated carbocycles. The maximum atomic E-state index is 11.3. The Morgan fingerprint density at radius 2 is 2.24 bits per heavy atom. The highest BCUT2D eigenvalue weighted by Crippen LogP contribution is 2.11. The van der Waals surface area contributed by atoms with Crippen molar-refractivity contribution >= 4 is 5.97 Å². The minimum absolute atomic E-state index is 0.149. The van der Waals surface area contributed by atoms with E-state index in [4.69, 9.17) is 5.11 Å². The van der Waals surface area contributed by atoms with Gasteiger partial charge in [0.1, 0.15) is 0 Å². The van der Waals surface area contributed by atoms with Crippen LogP contribution in [0.25, 0.3) is 0 Å². The van der Waals surface area contributed by atoms with Gasteiger partial charge in [-0.2, -0.15) is 0 Å². The average molecular weight is 232 g/mol. The standard InChI is InChI=1S/C14H16O3/c1-11-7-8-13(14(16)17-2)10-12(11)6-4-3-5-9-15/h7-8,10,15H,3,5,9H2,1-2H3. The van der Waals surface area contributed by atoms with Crippen molar-refractivity contribution in [1.82, 2.24) is 0 Å². The van der Waals surface area contributed by atoms with Crippen molar-refractivity contribution in [2.75, 3.05) is 13.7 Å². The second-order valence-corrected chi connectivity index (χ2v) is 3.65. The highest BCUT2D eigenvalue weighted by molar-refractivity contribution is 5.89. The fraction of sp³-hybridized carbons (Fsp3) is 0.357. The van der Waals surface area contributed by atoms with Crippen LogP contribution in [0.15, 0.2) is 18.2 Å². The number of benzene rings is 1. The lowest BCUT2D eigenvalue weighted by molar-refractivity contribution is 0.0600. The lowest BCUT2D eigenvalue weighted by Gasteiger charge is -2.02. The summed E-state index contributed by atoms with van der Waals surface area (Å²) in [6.07, 6.45) is 1.32. The molecular formula is C14H16O3. The fourth-order valence-corrected chi connectivity index (χ4v) is 1.33. The van der Waals surface area contributed by atoms with Crippen molar-refractivity contribution in [3.8, 4) is 11.8 Å². The first-order chi connectivity index (χ1) is 8.19. The van der Waals surface area contributed by atoms with Crippen LogP contribution in [0.4, 0.5) is 0 Å². The molecule has 3 nitrogen and oxygen atoms in total. The summed E-state index contributed by atoms with van der Waals surface area (Å²) in [4.78, 5) is 11.3. The van der Waals surface area contributed by atoms with Gasteiger partial charge in [0.25, 0.3) is 0 Å². The summed E-state index contributed by atoms with van der Waals surface area (Å²) >= 11 is 0. The van der Waals surface area contributed by atoms with E-state index in [2.05, 4.69) is 16.6 Å². The first-order valence-electron chi connectivity index (χ1n) is 5.47. The molecule has 0 aromatic heterocycles. The zero-order valence-corrected chi connectivity index (χ0v) is 10.1. The molecule has 90 valence electrons. The Balaban J connectivity index is 2.89. The molecular weight excluding hydrogens is 216 g/mol. The molecule has 3 heteroatoms. The number of ether oxygens (including phenoxy) is 1. The predicted molar refractivity (Wildman–Crippen MR) is 65.7 cm³/mol. The maximum Gasteiger partial charge on any atom is 0.337 e. The number of rotatable bonds is 3. The van der Waals surface area contributed by atoms with E-state index in [1.54, 1.807) is 12.1 Å². The van der Waals surface area contributed by atoms with Gasteiger partial charge in [0.15, 0.2) is 0 Å². The molecule has 0 atom stereocenters. The number of aliphatic hydroxyl groups excluding tert-OH is 1. The smallest absolute Gasteiger partial charge is 0.337 e. The normalized spacial score (nSPS) is 9.35. The molecule has 0 saturated heterocycles. The second-order valence-electron chi connectivity index (χ2n) is 3.65. The largest absolute Gasteiger partial charge is 0.465 e. The second kappa shape index (κ2) is 6.72. The third-order valence-electron chi connectivity index (χ3n) is 2.34. The molecule has 0 aliphatic rings. The number of aryl methyl sites for hydroxylation is 1. The van der Waals surface area contributed by atoms with Gasteiger partial charge in [-0.1, -0.05) is 17.9 Å². The summed E-state index contributed by atoms with van der Waals surface area (Å²) in [5.74, 6) is 5.61. The van der Waals surface area contributed by atoms with Crippen LogP contribution in [0.1, 0.15) is 34.3 Å². The van der Waals surface area contributed by atoms with Crippen LogP contribution in [0.3, 0.4) is 0 Å². The SMILES string of the molecule is COC(=O)c1ccc(C)c(C#CCCCO)c1. The molecule has 1 N–H and O–H groups in total. The molecule has 0 fully saturated rings. The fourth-order valence-electron chi connectivity index (χ4n) is 1.33. The van der Waals surface area contributed by atoms with Crippen LogP contribution in [0.2, 0.25) is 0 Å². The zero-order valence-electron chi connectivity index (χ0n) is 10.1. The Morgan fingerprint density at radius 3 is 2.88 bits per heavy atom. The van der Waals surface area contributed by atoms with Crippen LogP contribution in [-0.4, -0.2) is 24.8 Å². The first-order valence-corrected chi connectivity index (χ1v) is 5.47. The quantitative estimate of drug-likeness (QED) is 0.492. The predicted octanol–water partition coefficient (Wildman–Crippen LogP) is 1.91. The summed E-state index contributed by atoms with van der Waals surface area (Å²) in [6.45, 7) is 2.09. The number of aliphatic hydroxyl groups is 1. The van der Waals surface area contributed by atoms with E-state index in [9.17, 15) is 4.79 Å². The topological polar surface area (TPSA) is 46.5 Å². The van der Waals surface area contributed by atoms with Gasteiger partial charge in [0.05, 0.1) is 12.7 Å².